The number of rotatable bonds is 36. The van der Waals surface area contributed by atoms with Crippen LogP contribution in [0.1, 0.15) is 216 Å². The maximum absolute atomic E-state index is 14.3. The Hall–Kier alpha value is -8.43. The minimum atomic E-state index is -1.27. The second-order valence-electron chi connectivity index (χ2n) is 29.4. The van der Waals surface area contributed by atoms with Crippen molar-refractivity contribution in [1.29, 1.82) is 0 Å². The van der Waals surface area contributed by atoms with Gasteiger partial charge in [-0.3, -0.25) is 44.7 Å². The number of amides is 6. The first-order chi connectivity index (χ1) is 49.5. The van der Waals surface area contributed by atoms with Gasteiger partial charge in [0.25, 0.3) is 0 Å². The number of aryl methyl sites for hydroxylation is 3. The number of nitrogens with one attached hydrogen (secondary N) is 3. The molecule has 0 bridgehead atoms. The molecule has 27 heteroatoms. The van der Waals surface area contributed by atoms with Gasteiger partial charge in [0.15, 0.2) is 34.7 Å². The first kappa shape index (κ1) is 77.2. The third-order valence-electron chi connectivity index (χ3n) is 21.3. The van der Waals surface area contributed by atoms with Crippen LogP contribution in [0.2, 0.25) is 0 Å². The number of hydrogen-bond acceptors (Lipinski definition) is 18. The molecule has 0 spiro atoms. The van der Waals surface area contributed by atoms with E-state index >= 15 is 0 Å². The van der Waals surface area contributed by atoms with E-state index in [0.29, 0.717) is 131 Å². The summed E-state index contributed by atoms with van der Waals surface area (Å²) < 4.78 is 64.8. The predicted molar refractivity (Wildman–Crippen MR) is 371 cm³/mol. The third kappa shape index (κ3) is 21.6. The zero-order valence-electron chi connectivity index (χ0n) is 59.8. The van der Waals surface area contributed by atoms with Crippen LogP contribution in [0.5, 0.6) is 17.2 Å². The van der Waals surface area contributed by atoms with E-state index in [1.807, 2.05) is 27.7 Å². The molecule has 3 unspecified atom stereocenters. The van der Waals surface area contributed by atoms with Crippen LogP contribution in [0.15, 0.2) is 73.2 Å². The number of aromatic nitrogens is 9. The second-order valence-corrected chi connectivity index (χ2v) is 29.4. The second kappa shape index (κ2) is 35.4. The van der Waals surface area contributed by atoms with Crippen molar-refractivity contribution in [2.45, 2.75) is 237 Å². The lowest BCUT2D eigenvalue weighted by Gasteiger charge is -2.31. The summed E-state index contributed by atoms with van der Waals surface area (Å²) in [7, 11) is 0. The molecule has 6 atom stereocenters. The minimum Gasteiger partial charge on any atom is -0.490 e. The Bertz CT molecular complexity index is 3890. The van der Waals surface area contributed by atoms with E-state index in [4.69, 9.17) is 14.2 Å². The summed E-state index contributed by atoms with van der Waals surface area (Å²) in [6.07, 6.45) is 25.3. The van der Waals surface area contributed by atoms with E-state index in [1.165, 1.54) is 18.2 Å². The Balaban J connectivity index is 0.000000166. The maximum atomic E-state index is 14.3. The summed E-state index contributed by atoms with van der Waals surface area (Å²) in [5, 5.41) is 66.2. The molecule has 3 aliphatic heterocycles. The van der Waals surface area contributed by atoms with Crippen LogP contribution in [0, 0.1) is 52.5 Å². The van der Waals surface area contributed by atoms with E-state index in [9.17, 15) is 57.3 Å². The number of halogens is 3. The van der Waals surface area contributed by atoms with Gasteiger partial charge in [0, 0.05) is 36.5 Å². The van der Waals surface area contributed by atoms with E-state index in [2.05, 4.69) is 46.9 Å². The largest absolute Gasteiger partial charge is 0.490 e. The molecule has 6 fully saturated rings. The molecule has 558 valence electrons. The predicted octanol–water partition coefficient (Wildman–Crippen LogP) is 10.2. The van der Waals surface area contributed by atoms with Gasteiger partial charge in [-0.15, -0.1) is 15.3 Å². The van der Waals surface area contributed by atoms with Crippen LogP contribution < -0.4 is 30.2 Å². The van der Waals surface area contributed by atoms with Gasteiger partial charge in [-0.05, 0) is 206 Å². The number of benzene rings is 3. The van der Waals surface area contributed by atoms with E-state index in [1.54, 1.807) is 69.0 Å². The Morgan fingerprint density at radius 3 is 1.19 bits per heavy atom. The molecule has 6 amide bonds. The number of imide groups is 3. The number of unbranched alkanes of at least 4 members (excludes halogenated alkanes) is 3. The monoisotopic (exact) mass is 1430 g/mol. The summed E-state index contributed by atoms with van der Waals surface area (Å²) in [6, 6.07) is 13.6. The highest BCUT2D eigenvalue weighted by atomic mass is 19.1. The molecule has 3 saturated carbocycles. The standard InChI is InChI=1S/C27H37FN4O4.C25H33FN4O4.C24H31FN4O4/c1-3-27(35,20-10-11-22(28)23(15-20)36-17-19-8-9-19)18-32-21(16-29-31-32)7-5-4-6-13-26(2)14-12-24(33)30-25(26)34;1-2-25(33,19-10-11-21(26)22(13-19)34-15-17-7-8-17)16-30-20(14-27-29-30)6-4-3-5-18-9-12-23(31)28-24(18)32;1-2-24(32,18-9-10-20(25)21(12-18)33-14-16-6-7-16)15-29-19(13-26-28-29)5-3-4-17-8-11-22(30)27-23(17)31/h10-11,15-16,19,35H,3-9,12-14,17-18H2,1-2H3,(H,30,33,34);10-11,13-14,17-18,33H,2-9,12,15-16H2,1H3,(H,28,31,32);9-10,12-13,16-17,32H,2-8,11,14-15H2,1H3,(H,27,30,31)/t26?,27-;18?,25-;17?,24-/m111/s1. The van der Waals surface area contributed by atoms with Crippen LogP contribution in [0.3, 0.4) is 0 Å². The van der Waals surface area contributed by atoms with Crippen LogP contribution in [-0.2, 0) is 84.5 Å². The average Bonchev–Trinajstić information content (AvgIpc) is 1.76. The lowest BCUT2D eigenvalue weighted by Crippen LogP contribution is -2.47. The van der Waals surface area contributed by atoms with E-state index in [0.717, 1.165) is 113 Å². The molecule has 3 saturated heterocycles. The number of hydrogen-bond donors (Lipinski definition) is 6. The summed E-state index contributed by atoms with van der Waals surface area (Å²) in [5.74, 6) is -0.680. The molecule has 3 aromatic carbocycles. The van der Waals surface area contributed by atoms with Gasteiger partial charge in [-0.2, -0.15) is 0 Å². The van der Waals surface area contributed by atoms with Crippen LogP contribution in [-0.4, -0.2) is 116 Å². The smallest absolute Gasteiger partial charge is 0.232 e. The van der Waals surface area contributed by atoms with Crippen LogP contribution in [0.25, 0.3) is 0 Å². The first-order valence-electron chi connectivity index (χ1n) is 37.1. The molecule has 6 heterocycles. The summed E-state index contributed by atoms with van der Waals surface area (Å²) in [4.78, 5) is 70.1. The quantitative estimate of drug-likeness (QED) is 0.0157. The molecule has 6 aliphatic rings. The zero-order chi connectivity index (χ0) is 73.3. The molecular weight excluding hydrogens is 1330 g/mol. The van der Waals surface area contributed by atoms with Gasteiger partial charge in [0.1, 0.15) is 16.8 Å². The van der Waals surface area contributed by atoms with Crippen molar-refractivity contribution >= 4 is 35.4 Å². The Morgan fingerprint density at radius 2 is 0.835 bits per heavy atom. The van der Waals surface area contributed by atoms with Gasteiger partial charge in [0.05, 0.1) is 75.1 Å². The van der Waals surface area contributed by atoms with Crippen molar-refractivity contribution in [3.63, 3.8) is 0 Å². The number of carbonyl (C=O) groups excluding carboxylic acids is 6. The van der Waals surface area contributed by atoms with Gasteiger partial charge < -0.3 is 29.5 Å². The van der Waals surface area contributed by atoms with Gasteiger partial charge in [-0.25, -0.2) is 27.2 Å². The fourth-order valence-corrected chi connectivity index (χ4v) is 13.3. The maximum Gasteiger partial charge on any atom is 0.232 e. The molecule has 6 N–H and O–H groups in total. The zero-order valence-corrected chi connectivity index (χ0v) is 59.8. The normalized spacial score (nSPS) is 20.8. The van der Waals surface area contributed by atoms with E-state index in [-0.39, 0.29) is 84.2 Å². The fourth-order valence-electron chi connectivity index (χ4n) is 13.3. The van der Waals surface area contributed by atoms with Crippen molar-refractivity contribution in [3.05, 3.63) is 124 Å². The number of carbonyl (C=O) groups is 6. The molecule has 12 rings (SSSR count). The van der Waals surface area contributed by atoms with E-state index < -0.39 is 39.7 Å². The van der Waals surface area contributed by atoms with Crippen molar-refractivity contribution in [3.8, 4) is 17.2 Å². The van der Waals surface area contributed by atoms with Crippen molar-refractivity contribution < 1.29 is 71.5 Å². The number of piperidine rings is 3. The first-order valence-corrected chi connectivity index (χ1v) is 37.1. The average molecular weight is 1430 g/mol. The highest BCUT2D eigenvalue weighted by molar-refractivity contribution is 6.00. The SMILES string of the molecule is CC[C@@](O)(Cn1nncc1CCCC1CCC(=O)NC1=O)c1ccc(F)c(OCC2CC2)c1.CC[C@@](O)(Cn1nncc1CCCCC1CCC(=O)NC1=O)c1ccc(F)c(OCC2CC2)c1.CC[C@@](O)(Cn1nncc1CCCCCC1(C)CCC(=O)NC1=O)c1ccc(F)c(OCC2CC2)c1. The summed E-state index contributed by atoms with van der Waals surface area (Å²) in [6.45, 7) is 9.63. The molecule has 103 heavy (non-hydrogen) atoms. The highest BCUT2D eigenvalue weighted by Crippen LogP contribution is 2.39. The molecule has 3 aromatic heterocycles. The molecular formula is C76H101F3N12O12. The van der Waals surface area contributed by atoms with Gasteiger partial charge in [0.2, 0.25) is 35.4 Å². The van der Waals surface area contributed by atoms with Gasteiger partial charge in [-0.1, -0.05) is 80.8 Å². The van der Waals surface area contributed by atoms with Crippen molar-refractivity contribution in [2.24, 2.45) is 35.0 Å². The molecule has 24 nitrogen and oxygen atoms in total. The van der Waals surface area contributed by atoms with Crippen molar-refractivity contribution in [2.75, 3.05) is 19.8 Å². The van der Waals surface area contributed by atoms with Gasteiger partial charge >= 0.3 is 0 Å². The summed E-state index contributed by atoms with van der Waals surface area (Å²) >= 11 is 0. The number of ether oxygens (including phenoxy) is 3. The van der Waals surface area contributed by atoms with Crippen LogP contribution >= 0.6 is 0 Å². The molecule has 3 aliphatic carbocycles. The summed E-state index contributed by atoms with van der Waals surface area (Å²) in [5.41, 5.74) is 0.169. The Morgan fingerprint density at radius 1 is 0.476 bits per heavy atom. The fraction of sp³-hybridized carbons (Fsp3) is 0.605. The lowest BCUT2D eigenvalue weighted by molar-refractivity contribution is -0.142. The van der Waals surface area contributed by atoms with Crippen molar-refractivity contribution in [1.82, 2.24) is 60.9 Å². The Labute approximate surface area is 599 Å². The number of aliphatic hydroxyl groups is 3. The molecule has 6 aromatic rings. The highest BCUT2D eigenvalue weighted by Gasteiger charge is 2.39. The Kier molecular flexibility index (Phi) is 26.5. The minimum absolute atomic E-state index is 0.110. The lowest BCUT2D eigenvalue weighted by atomic mass is 9.77. The third-order valence-corrected chi connectivity index (χ3v) is 21.3. The van der Waals surface area contributed by atoms with Crippen LogP contribution in [0.4, 0.5) is 13.2 Å². The molecule has 0 radical (unpaired) electrons. The number of nitrogens with zero attached hydrogens (tertiary/aromatic N) is 9. The topological polar surface area (TPSA) is 319 Å².